The summed E-state index contributed by atoms with van der Waals surface area (Å²) in [5, 5.41) is 0. The summed E-state index contributed by atoms with van der Waals surface area (Å²) in [6.07, 6.45) is 2.42. The molecule has 0 bridgehead atoms. The zero-order chi connectivity index (χ0) is 10.3. The fourth-order valence-electron chi connectivity index (χ4n) is 1.05. The maximum Gasteiger partial charge on any atom is -1.00 e. The van der Waals surface area contributed by atoms with Crippen LogP contribution in [0, 0.1) is 5.92 Å². The number of halogens is 1. The molecule has 0 aliphatic rings. The molecule has 0 radical (unpaired) electrons. The molecule has 86 valence electrons. The SMILES string of the molecule is CC(C)C[O][Sn+]([CH3])[CH2]CCC(C)N.[Br-]. The van der Waals surface area contributed by atoms with Crippen molar-refractivity contribution in [2.45, 2.75) is 49.0 Å². The quantitative estimate of drug-likeness (QED) is 0.606. The molecule has 0 spiro atoms. The fourth-order valence-corrected chi connectivity index (χ4v) is 5.23. The van der Waals surface area contributed by atoms with Crippen molar-refractivity contribution in [3.63, 3.8) is 0 Å². The molecule has 0 amide bonds. The first-order valence-corrected chi connectivity index (χ1v) is 11.3. The van der Waals surface area contributed by atoms with Gasteiger partial charge in [-0.3, -0.25) is 0 Å². The predicted molar refractivity (Wildman–Crippen MR) is 60.1 cm³/mol. The summed E-state index contributed by atoms with van der Waals surface area (Å²) < 4.78 is 7.17. The van der Waals surface area contributed by atoms with E-state index >= 15 is 0 Å². The molecular formula is C10H24BrNOSn. The van der Waals surface area contributed by atoms with Crippen molar-refractivity contribution in [3.8, 4) is 0 Å². The van der Waals surface area contributed by atoms with E-state index in [9.17, 15) is 0 Å². The summed E-state index contributed by atoms with van der Waals surface area (Å²) >= 11 is -1.40. The van der Waals surface area contributed by atoms with Gasteiger partial charge in [-0.1, -0.05) is 0 Å². The third-order valence-corrected chi connectivity index (χ3v) is 6.75. The summed E-state index contributed by atoms with van der Waals surface area (Å²) in [6.45, 7) is 7.45. The molecule has 0 aliphatic carbocycles. The Morgan fingerprint density at radius 3 is 2.29 bits per heavy atom. The molecule has 1 unspecified atom stereocenters. The van der Waals surface area contributed by atoms with Crippen molar-refractivity contribution in [1.82, 2.24) is 0 Å². The average molecular weight is 373 g/mol. The molecule has 0 aromatic heterocycles. The molecule has 2 N–H and O–H groups in total. The van der Waals surface area contributed by atoms with E-state index in [4.69, 9.17) is 8.81 Å². The summed E-state index contributed by atoms with van der Waals surface area (Å²) in [4.78, 5) is 2.34. The Labute approximate surface area is 107 Å². The van der Waals surface area contributed by atoms with Crippen LogP contribution in [0.25, 0.3) is 0 Å². The van der Waals surface area contributed by atoms with Crippen molar-refractivity contribution < 1.29 is 20.1 Å². The van der Waals surface area contributed by atoms with Gasteiger partial charge in [-0.25, -0.2) is 0 Å². The Kier molecular flexibility index (Phi) is 13.5. The van der Waals surface area contributed by atoms with E-state index in [-0.39, 0.29) is 17.0 Å². The molecule has 0 rings (SSSR count). The molecule has 0 fully saturated rings. The first-order chi connectivity index (χ1) is 6.02. The molecule has 0 aliphatic heterocycles. The fraction of sp³-hybridized carbons (Fsp3) is 1.00. The molecule has 14 heavy (non-hydrogen) atoms. The molecular weight excluding hydrogens is 349 g/mol. The van der Waals surface area contributed by atoms with Crippen LogP contribution >= 0.6 is 0 Å². The molecule has 0 aromatic carbocycles. The standard InChI is InChI=1S/C5H12N.C4H9O.CH3.BrH.Sn/c1-3-4-5(2)6;1-4(2)3-5;;;/h5H,1,3-4,6H2,2H3;4H,3H2,1-2H3;1H3;1H;/q;-1;;;+2/p-1. The minimum Gasteiger partial charge on any atom is -1.00 e. The molecule has 0 aromatic rings. The van der Waals surface area contributed by atoms with E-state index in [1.807, 2.05) is 0 Å². The van der Waals surface area contributed by atoms with Crippen molar-refractivity contribution in [2.75, 3.05) is 6.61 Å². The molecule has 0 saturated carbocycles. The first kappa shape index (κ1) is 17.6. The molecule has 1 atom stereocenters. The second-order valence-corrected chi connectivity index (χ2v) is 10.5. The van der Waals surface area contributed by atoms with Gasteiger partial charge in [0.2, 0.25) is 0 Å². The molecule has 2 nitrogen and oxygen atoms in total. The maximum absolute atomic E-state index is 5.84. The van der Waals surface area contributed by atoms with Gasteiger partial charge in [-0.15, -0.1) is 0 Å². The summed E-state index contributed by atoms with van der Waals surface area (Å²) in [5.74, 6) is 0.684. The maximum atomic E-state index is 5.84. The van der Waals surface area contributed by atoms with Gasteiger partial charge in [0, 0.05) is 0 Å². The van der Waals surface area contributed by atoms with Crippen LogP contribution in [0.2, 0.25) is 9.38 Å². The number of hydrogen-bond acceptors (Lipinski definition) is 2. The van der Waals surface area contributed by atoms with Crippen LogP contribution in [0.15, 0.2) is 0 Å². The van der Waals surface area contributed by atoms with Crippen LogP contribution in [0.4, 0.5) is 0 Å². The van der Waals surface area contributed by atoms with E-state index in [0.717, 1.165) is 13.0 Å². The Hall–Kier alpha value is 1.20. The molecule has 0 saturated heterocycles. The predicted octanol–water partition coefficient (Wildman–Crippen LogP) is -0.588. The minimum absolute atomic E-state index is 0. The first-order valence-electron chi connectivity index (χ1n) is 5.23. The van der Waals surface area contributed by atoms with E-state index in [1.54, 1.807) is 0 Å². The van der Waals surface area contributed by atoms with E-state index in [0.29, 0.717) is 12.0 Å². The van der Waals surface area contributed by atoms with Crippen molar-refractivity contribution in [2.24, 2.45) is 11.7 Å². The minimum atomic E-state index is -1.40. The monoisotopic (exact) mass is 373 g/mol. The van der Waals surface area contributed by atoms with Gasteiger partial charge in [0.05, 0.1) is 0 Å². The van der Waals surface area contributed by atoms with Gasteiger partial charge in [0.15, 0.2) is 0 Å². The van der Waals surface area contributed by atoms with Gasteiger partial charge in [0.25, 0.3) is 0 Å². The summed E-state index contributed by atoms with van der Waals surface area (Å²) in [7, 11) is 0. The van der Waals surface area contributed by atoms with Crippen LogP contribution in [0.3, 0.4) is 0 Å². The molecule has 0 heterocycles. The number of nitrogens with two attached hydrogens (primary N) is 1. The van der Waals surface area contributed by atoms with Crippen LogP contribution in [-0.4, -0.2) is 32.8 Å². The molecule has 4 heteroatoms. The van der Waals surface area contributed by atoms with Crippen molar-refractivity contribution in [1.29, 1.82) is 0 Å². The van der Waals surface area contributed by atoms with Gasteiger partial charge in [-0.2, -0.15) is 0 Å². The van der Waals surface area contributed by atoms with Crippen molar-refractivity contribution >= 4 is 20.2 Å². The Balaban J connectivity index is 0. The Morgan fingerprint density at radius 2 is 1.86 bits per heavy atom. The number of rotatable bonds is 7. The second-order valence-electron chi connectivity index (χ2n) is 4.28. The Morgan fingerprint density at radius 1 is 1.29 bits per heavy atom. The van der Waals surface area contributed by atoms with Crippen LogP contribution < -0.4 is 22.7 Å². The van der Waals surface area contributed by atoms with Crippen LogP contribution in [0.1, 0.15) is 33.6 Å². The van der Waals surface area contributed by atoms with Gasteiger partial charge >= 0.3 is 90.5 Å². The second kappa shape index (κ2) is 10.7. The third kappa shape index (κ3) is 13.2. The van der Waals surface area contributed by atoms with Crippen molar-refractivity contribution in [3.05, 3.63) is 0 Å². The van der Waals surface area contributed by atoms with Gasteiger partial charge in [0.1, 0.15) is 0 Å². The van der Waals surface area contributed by atoms with Crippen LogP contribution in [0.5, 0.6) is 0 Å². The normalized spacial score (nSPS) is 12.4. The zero-order valence-electron chi connectivity index (χ0n) is 9.85. The largest absolute Gasteiger partial charge is 1.00 e. The van der Waals surface area contributed by atoms with E-state index in [1.165, 1.54) is 10.9 Å². The van der Waals surface area contributed by atoms with Gasteiger partial charge in [-0.05, 0) is 0 Å². The topological polar surface area (TPSA) is 35.2 Å². The summed E-state index contributed by atoms with van der Waals surface area (Å²) in [6, 6.07) is 0.362. The van der Waals surface area contributed by atoms with E-state index < -0.39 is 20.2 Å². The van der Waals surface area contributed by atoms with Gasteiger partial charge < -0.3 is 17.0 Å². The third-order valence-electron chi connectivity index (χ3n) is 1.85. The zero-order valence-corrected chi connectivity index (χ0v) is 14.3. The smallest absolute Gasteiger partial charge is 1.00 e. The number of hydrogen-bond donors (Lipinski definition) is 1. The average Bonchev–Trinajstić information content (AvgIpc) is 2.00. The van der Waals surface area contributed by atoms with E-state index in [2.05, 4.69) is 25.7 Å². The summed E-state index contributed by atoms with van der Waals surface area (Å²) in [5.41, 5.74) is 5.68. The Bertz CT molecular complexity index is 123. The van der Waals surface area contributed by atoms with Crippen LogP contribution in [-0.2, 0) is 3.07 Å².